The summed E-state index contributed by atoms with van der Waals surface area (Å²) in [5.41, 5.74) is 2.37. The van der Waals surface area contributed by atoms with Gasteiger partial charge in [0.05, 0.1) is 6.54 Å². The third-order valence-electron chi connectivity index (χ3n) is 3.67. The number of hydrogen-bond donors (Lipinski definition) is 1. The van der Waals surface area contributed by atoms with Crippen LogP contribution in [0, 0.1) is 12.7 Å². The first-order chi connectivity index (χ1) is 11.5. The lowest BCUT2D eigenvalue weighted by atomic mass is 10.1. The molecule has 0 radical (unpaired) electrons. The van der Waals surface area contributed by atoms with Gasteiger partial charge in [0.25, 0.3) is 5.91 Å². The fraction of sp³-hybridized carbons (Fsp3) is 0.263. The van der Waals surface area contributed by atoms with Crippen LogP contribution < -0.4 is 5.32 Å². The smallest absolute Gasteiger partial charge is 0.254 e. The quantitative estimate of drug-likeness (QED) is 0.886. The molecule has 0 aliphatic carbocycles. The van der Waals surface area contributed by atoms with E-state index in [0.717, 1.165) is 11.1 Å². The summed E-state index contributed by atoms with van der Waals surface area (Å²) in [6.45, 7) is 4.49. The van der Waals surface area contributed by atoms with Crippen molar-refractivity contribution >= 4 is 11.8 Å². The van der Waals surface area contributed by atoms with Crippen molar-refractivity contribution in [2.75, 3.05) is 13.1 Å². The van der Waals surface area contributed by atoms with E-state index in [4.69, 9.17) is 0 Å². The molecule has 0 unspecified atom stereocenters. The molecule has 0 aliphatic rings. The van der Waals surface area contributed by atoms with Crippen LogP contribution in [0.3, 0.4) is 0 Å². The number of carbonyl (C=O) groups is 2. The summed E-state index contributed by atoms with van der Waals surface area (Å²) < 4.78 is 12.9. The van der Waals surface area contributed by atoms with Crippen molar-refractivity contribution in [3.8, 4) is 0 Å². The minimum absolute atomic E-state index is 0.00945. The molecular formula is C19H21FN2O2. The van der Waals surface area contributed by atoms with Crippen LogP contribution in [0.2, 0.25) is 0 Å². The first-order valence-corrected chi connectivity index (χ1v) is 7.86. The molecule has 0 saturated heterocycles. The first kappa shape index (κ1) is 17.7. The third-order valence-corrected chi connectivity index (χ3v) is 3.67. The Labute approximate surface area is 141 Å². The average molecular weight is 328 g/mol. The van der Waals surface area contributed by atoms with Gasteiger partial charge in [-0.15, -0.1) is 0 Å². The van der Waals surface area contributed by atoms with E-state index in [1.165, 1.54) is 17.0 Å². The molecule has 2 amide bonds. The summed E-state index contributed by atoms with van der Waals surface area (Å²) >= 11 is 0. The number of aryl methyl sites for hydroxylation is 1. The molecule has 0 saturated carbocycles. The number of amides is 2. The summed E-state index contributed by atoms with van der Waals surface area (Å²) in [4.78, 5) is 26.1. The summed E-state index contributed by atoms with van der Waals surface area (Å²) in [5, 5.41) is 2.75. The molecule has 0 aliphatic heterocycles. The number of nitrogens with one attached hydrogen (secondary N) is 1. The fourth-order valence-corrected chi connectivity index (χ4v) is 2.32. The van der Waals surface area contributed by atoms with Gasteiger partial charge in [-0.05, 0) is 43.7 Å². The highest BCUT2D eigenvalue weighted by Gasteiger charge is 2.17. The summed E-state index contributed by atoms with van der Waals surface area (Å²) in [6, 6.07) is 13.2. The third kappa shape index (κ3) is 4.91. The summed E-state index contributed by atoms with van der Waals surface area (Å²) in [7, 11) is 0. The number of likely N-dealkylation sites (N-methyl/N-ethyl adjacent to an activating group) is 1. The van der Waals surface area contributed by atoms with Crippen LogP contribution in [0.25, 0.3) is 0 Å². The van der Waals surface area contributed by atoms with Gasteiger partial charge in [0.1, 0.15) is 5.82 Å². The number of nitrogens with zero attached hydrogens (tertiary/aromatic N) is 1. The monoisotopic (exact) mass is 328 g/mol. The molecule has 2 aromatic carbocycles. The van der Waals surface area contributed by atoms with Gasteiger partial charge in [0.2, 0.25) is 5.91 Å². The van der Waals surface area contributed by atoms with Crippen molar-refractivity contribution in [1.29, 1.82) is 0 Å². The maximum Gasteiger partial charge on any atom is 0.254 e. The minimum atomic E-state index is -0.314. The molecule has 0 atom stereocenters. The molecule has 24 heavy (non-hydrogen) atoms. The van der Waals surface area contributed by atoms with E-state index in [-0.39, 0.29) is 24.2 Å². The molecule has 0 heterocycles. The van der Waals surface area contributed by atoms with E-state index in [2.05, 4.69) is 5.32 Å². The second kappa shape index (κ2) is 8.24. The molecule has 4 nitrogen and oxygen atoms in total. The Balaban J connectivity index is 1.92. The van der Waals surface area contributed by atoms with Gasteiger partial charge in [-0.3, -0.25) is 9.59 Å². The predicted octanol–water partition coefficient (Wildman–Crippen LogP) is 2.91. The standard InChI is InChI=1S/C19H21FN2O2/c1-3-22(19(24)16-6-4-5-14(2)11-16)13-18(23)21-12-15-7-9-17(20)10-8-15/h4-11H,3,12-13H2,1-2H3,(H,21,23). The molecule has 126 valence electrons. The maximum atomic E-state index is 12.9. The van der Waals surface area contributed by atoms with Crippen molar-refractivity contribution in [1.82, 2.24) is 10.2 Å². The Morgan fingerprint density at radius 2 is 1.83 bits per heavy atom. The van der Waals surface area contributed by atoms with Crippen LogP contribution in [-0.4, -0.2) is 29.8 Å². The number of rotatable bonds is 6. The number of hydrogen-bond acceptors (Lipinski definition) is 2. The molecular weight excluding hydrogens is 307 g/mol. The van der Waals surface area contributed by atoms with Gasteiger partial charge >= 0.3 is 0 Å². The lowest BCUT2D eigenvalue weighted by Crippen LogP contribution is -2.40. The largest absolute Gasteiger partial charge is 0.350 e. The topological polar surface area (TPSA) is 49.4 Å². The average Bonchev–Trinajstić information content (AvgIpc) is 2.58. The Bertz CT molecular complexity index is 714. The fourth-order valence-electron chi connectivity index (χ4n) is 2.32. The SMILES string of the molecule is CCN(CC(=O)NCc1ccc(F)cc1)C(=O)c1cccc(C)c1. The molecule has 0 bridgehead atoms. The Morgan fingerprint density at radius 1 is 1.12 bits per heavy atom. The molecule has 0 aromatic heterocycles. The zero-order chi connectivity index (χ0) is 17.5. The van der Waals surface area contributed by atoms with E-state index < -0.39 is 0 Å². The van der Waals surface area contributed by atoms with Gasteiger partial charge in [0, 0.05) is 18.7 Å². The van der Waals surface area contributed by atoms with Crippen LogP contribution in [0.5, 0.6) is 0 Å². The highest BCUT2D eigenvalue weighted by molar-refractivity contribution is 5.96. The Morgan fingerprint density at radius 3 is 2.46 bits per heavy atom. The Hall–Kier alpha value is -2.69. The predicted molar refractivity (Wildman–Crippen MR) is 91.0 cm³/mol. The van der Waals surface area contributed by atoms with Gasteiger partial charge < -0.3 is 10.2 Å². The first-order valence-electron chi connectivity index (χ1n) is 7.86. The summed E-state index contributed by atoms with van der Waals surface area (Å²) in [6.07, 6.45) is 0. The lowest BCUT2D eigenvalue weighted by molar-refractivity contribution is -0.121. The van der Waals surface area contributed by atoms with Crippen molar-refractivity contribution in [2.24, 2.45) is 0 Å². The zero-order valence-electron chi connectivity index (χ0n) is 13.9. The van der Waals surface area contributed by atoms with Crippen LogP contribution in [0.1, 0.15) is 28.4 Å². The van der Waals surface area contributed by atoms with Gasteiger partial charge in [-0.1, -0.05) is 29.8 Å². The van der Waals surface area contributed by atoms with E-state index in [1.54, 1.807) is 24.3 Å². The second-order valence-corrected chi connectivity index (χ2v) is 5.59. The van der Waals surface area contributed by atoms with Gasteiger partial charge in [0.15, 0.2) is 0 Å². The van der Waals surface area contributed by atoms with Gasteiger partial charge in [-0.25, -0.2) is 4.39 Å². The maximum absolute atomic E-state index is 12.9. The van der Waals surface area contributed by atoms with E-state index in [9.17, 15) is 14.0 Å². The Kier molecular flexibility index (Phi) is 6.07. The number of benzene rings is 2. The zero-order valence-corrected chi connectivity index (χ0v) is 13.9. The number of carbonyl (C=O) groups excluding carboxylic acids is 2. The molecule has 2 rings (SSSR count). The molecule has 2 aromatic rings. The van der Waals surface area contributed by atoms with Gasteiger partial charge in [-0.2, -0.15) is 0 Å². The van der Waals surface area contributed by atoms with Crippen molar-refractivity contribution in [3.05, 3.63) is 71.0 Å². The van der Waals surface area contributed by atoms with E-state index in [0.29, 0.717) is 18.7 Å². The van der Waals surface area contributed by atoms with E-state index >= 15 is 0 Å². The van der Waals surface area contributed by atoms with Crippen LogP contribution in [-0.2, 0) is 11.3 Å². The second-order valence-electron chi connectivity index (χ2n) is 5.59. The lowest BCUT2D eigenvalue weighted by Gasteiger charge is -2.20. The summed E-state index contributed by atoms with van der Waals surface area (Å²) in [5.74, 6) is -0.730. The molecule has 1 N–H and O–H groups in total. The van der Waals surface area contributed by atoms with Crippen LogP contribution in [0.4, 0.5) is 4.39 Å². The normalized spacial score (nSPS) is 10.3. The van der Waals surface area contributed by atoms with Crippen molar-refractivity contribution in [2.45, 2.75) is 20.4 Å². The number of halogens is 1. The van der Waals surface area contributed by atoms with Crippen LogP contribution in [0.15, 0.2) is 48.5 Å². The molecule has 0 spiro atoms. The van der Waals surface area contributed by atoms with Crippen molar-refractivity contribution in [3.63, 3.8) is 0 Å². The highest BCUT2D eigenvalue weighted by Crippen LogP contribution is 2.08. The van der Waals surface area contributed by atoms with Crippen LogP contribution >= 0.6 is 0 Å². The highest BCUT2D eigenvalue weighted by atomic mass is 19.1. The minimum Gasteiger partial charge on any atom is -0.350 e. The van der Waals surface area contributed by atoms with E-state index in [1.807, 2.05) is 26.0 Å². The van der Waals surface area contributed by atoms with Crippen molar-refractivity contribution < 1.29 is 14.0 Å². The molecule has 5 heteroatoms. The molecule has 0 fully saturated rings.